The number of nitrogens with one attached hydrogen (secondary N) is 1. The summed E-state index contributed by atoms with van der Waals surface area (Å²) < 4.78 is 0. The zero-order valence-electron chi connectivity index (χ0n) is 13.8. The zero-order chi connectivity index (χ0) is 17.8. The van der Waals surface area contributed by atoms with Gasteiger partial charge in [-0.25, -0.2) is 4.90 Å². The van der Waals surface area contributed by atoms with Crippen LogP contribution in [-0.2, 0) is 14.4 Å². The Morgan fingerprint density at radius 1 is 1.12 bits per heavy atom. The van der Waals surface area contributed by atoms with Crippen molar-refractivity contribution in [3.8, 4) is 0 Å². The Kier molecular flexibility index (Phi) is 5.19. The number of hydrogen-bond donors (Lipinski definition) is 1. The molecule has 0 saturated carbocycles. The molecule has 1 aliphatic heterocycles. The molecule has 0 aromatic heterocycles. The maximum atomic E-state index is 12.5. The van der Waals surface area contributed by atoms with Gasteiger partial charge in [0.2, 0.25) is 17.7 Å². The van der Waals surface area contributed by atoms with Crippen LogP contribution in [0.2, 0.25) is 0 Å². The zero-order valence-corrected chi connectivity index (χ0v) is 14.6. The monoisotopic (exact) mass is 354 g/mol. The van der Waals surface area contributed by atoms with Gasteiger partial charge in [-0.15, -0.1) is 11.8 Å². The molecule has 1 atom stereocenters. The SMILES string of the molecule is Cc1ccc(NC(=O)CS[C@@H]2CC(=O)N(c3ccccc3)C2=O)cc1. The lowest BCUT2D eigenvalue weighted by Gasteiger charge is -2.14. The molecule has 0 spiro atoms. The van der Waals surface area contributed by atoms with Crippen molar-refractivity contribution < 1.29 is 14.4 Å². The number of carbonyl (C=O) groups is 3. The van der Waals surface area contributed by atoms with Gasteiger partial charge in [0.15, 0.2) is 0 Å². The molecule has 5 nitrogen and oxygen atoms in total. The fraction of sp³-hybridized carbons (Fsp3) is 0.211. The summed E-state index contributed by atoms with van der Waals surface area (Å²) in [6.45, 7) is 1.97. The second kappa shape index (κ2) is 7.53. The first-order valence-electron chi connectivity index (χ1n) is 7.94. The first-order chi connectivity index (χ1) is 12.0. The summed E-state index contributed by atoms with van der Waals surface area (Å²) in [5.74, 6) is -0.551. The van der Waals surface area contributed by atoms with E-state index in [4.69, 9.17) is 0 Å². The lowest BCUT2D eigenvalue weighted by Crippen LogP contribution is -2.31. The maximum Gasteiger partial charge on any atom is 0.247 e. The number of nitrogens with zero attached hydrogens (tertiary/aromatic N) is 1. The number of benzene rings is 2. The normalized spacial score (nSPS) is 17.0. The standard InChI is InChI=1S/C19H18N2O3S/c1-13-7-9-14(10-8-13)20-17(22)12-25-16-11-18(23)21(19(16)24)15-5-3-2-4-6-15/h2-10,16H,11-12H2,1H3,(H,20,22)/t16-/m1/s1. The molecule has 1 saturated heterocycles. The highest BCUT2D eigenvalue weighted by atomic mass is 32.2. The average Bonchev–Trinajstić information content (AvgIpc) is 2.89. The second-order valence-corrected chi connectivity index (χ2v) is 7.01. The van der Waals surface area contributed by atoms with E-state index >= 15 is 0 Å². The van der Waals surface area contributed by atoms with Crippen molar-refractivity contribution in [1.29, 1.82) is 0 Å². The summed E-state index contributed by atoms with van der Waals surface area (Å²) in [5.41, 5.74) is 2.41. The molecule has 0 radical (unpaired) electrons. The Balaban J connectivity index is 1.57. The molecule has 0 unspecified atom stereocenters. The molecule has 1 fully saturated rings. The Morgan fingerprint density at radius 3 is 2.48 bits per heavy atom. The summed E-state index contributed by atoms with van der Waals surface area (Å²) in [6.07, 6.45) is 0.121. The van der Waals surface area contributed by atoms with Crippen molar-refractivity contribution in [2.45, 2.75) is 18.6 Å². The molecule has 0 aliphatic carbocycles. The van der Waals surface area contributed by atoms with E-state index in [1.807, 2.05) is 37.3 Å². The van der Waals surface area contributed by atoms with Crippen molar-refractivity contribution in [2.24, 2.45) is 0 Å². The number of thioether (sulfide) groups is 1. The quantitative estimate of drug-likeness (QED) is 0.838. The Hall–Kier alpha value is -2.60. The molecule has 2 aromatic carbocycles. The highest BCUT2D eigenvalue weighted by molar-refractivity contribution is 8.01. The van der Waals surface area contributed by atoms with Gasteiger partial charge in [-0.2, -0.15) is 0 Å². The van der Waals surface area contributed by atoms with E-state index in [0.29, 0.717) is 5.69 Å². The number of aryl methyl sites for hydroxylation is 1. The molecule has 3 amide bonds. The van der Waals surface area contributed by atoms with Crippen LogP contribution >= 0.6 is 11.8 Å². The molecule has 25 heavy (non-hydrogen) atoms. The van der Waals surface area contributed by atoms with E-state index in [1.54, 1.807) is 24.3 Å². The Morgan fingerprint density at radius 2 is 1.80 bits per heavy atom. The minimum Gasteiger partial charge on any atom is -0.325 e. The largest absolute Gasteiger partial charge is 0.325 e. The van der Waals surface area contributed by atoms with E-state index in [-0.39, 0.29) is 29.9 Å². The van der Waals surface area contributed by atoms with Crippen molar-refractivity contribution >= 4 is 40.9 Å². The molecular weight excluding hydrogens is 336 g/mol. The lowest BCUT2D eigenvalue weighted by molar-refractivity contribution is -0.121. The fourth-order valence-electron chi connectivity index (χ4n) is 2.59. The molecule has 128 valence electrons. The van der Waals surface area contributed by atoms with Gasteiger partial charge in [0.05, 0.1) is 16.7 Å². The van der Waals surface area contributed by atoms with Crippen LogP contribution in [0.15, 0.2) is 54.6 Å². The highest BCUT2D eigenvalue weighted by Crippen LogP contribution is 2.29. The van der Waals surface area contributed by atoms with E-state index < -0.39 is 5.25 Å². The fourth-order valence-corrected chi connectivity index (χ4v) is 3.53. The number of carbonyl (C=O) groups excluding carboxylic acids is 3. The third-order valence-electron chi connectivity index (χ3n) is 3.87. The van der Waals surface area contributed by atoms with E-state index in [9.17, 15) is 14.4 Å². The minimum absolute atomic E-state index is 0.121. The molecule has 3 rings (SSSR count). The Labute approximate surface area is 150 Å². The van der Waals surface area contributed by atoms with Crippen LogP contribution in [0.3, 0.4) is 0 Å². The predicted molar refractivity (Wildman–Crippen MR) is 99.6 cm³/mol. The van der Waals surface area contributed by atoms with Gasteiger partial charge in [0.25, 0.3) is 0 Å². The van der Waals surface area contributed by atoms with E-state index in [2.05, 4.69) is 5.32 Å². The minimum atomic E-state index is -0.517. The molecule has 1 N–H and O–H groups in total. The number of anilines is 2. The van der Waals surface area contributed by atoms with Gasteiger partial charge in [-0.3, -0.25) is 14.4 Å². The summed E-state index contributed by atoms with van der Waals surface area (Å²) in [5, 5.41) is 2.28. The summed E-state index contributed by atoms with van der Waals surface area (Å²) in [4.78, 5) is 37.9. The third kappa shape index (κ3) is 4.09. The summed E-state index contributed by atoms with van der Waals surface area (Å²) in [6, 6.07) is 16.4. The van der Waals surface area contributed by atoms with Crippen LogP contribution < -0.4 is 10.2 Å². The van der Waals surface area contributed by atoms with Gasteiger partial charge < -0.3 is 5.32 Å². The molecular formula is C19H18N2O3S. The van der Waals surface area contributed by atoms with Crippen LogP contribution in [0.1, 0.15) is 12.0 Å². The van der Waals surface area contributed by atoms with Gasteiger partial charge in [-0.1, -0.05) is 35.9 Å². The lowest BCUT2D eigenvalue weighted by atomic mass is 10.2. The van der Waals surface area contributed by atoms with Crippen LogP contribution in [0.4, 0.5) is 11.4 Å². The maximum absolute atomic E-state index is 12.5. The predicted octanol–water partition coefficient (Wildman–Crippen LogP) is 3.00. The molecule has 6 heteroatoms. The number of amides is 3. The summed E-state index contributed by atoms with van der Waals surface area (Å²) >= 11 is 1.20. The Bertz CT molecular complexity index is 790. The van der Waals surface area contributed by atoms with E-state index in [1.165, 1.54) is 16.7 Å². The van der Waals surface area contributed by atoms with E-state index in [0.717, 1.165) is 11.3 Å². The van der Waals surface area contributed by atoms with Crippen LogP contribution in [-0.4, -0.2) is 28.7 Å². The van der Waals surface area contributed by atoms with Crippen LogP contribution in [0.25, 0.3) is 0 Å². The highest BCUT2D eigenvalue weighted by Gasteiger charge is 2.39. The summed E-state index contributed by atoms with van der Waals surface area (Å²) in [7, 11) is 0. The molecule has 1 heterocycles. The topological polar surface area (TPSA) is 66.5 Å². The number of imide groups is 1. The van der Waals surface area contributed by atoms with Gasteiger partial charge in [0, 0.05) is 12.1 Å². The van der Waals surface area contributed by atoms with Crippen molar-refractivity contribution in [1.82, 2.24) is 0 Å². The van der Waals surface area contributed by atoms with Crippen molar-refractivity contribution in [2.75, 3.05) is 16.0 Å². The number of hydrogen-bond acceptors (Lipinski definition) is 4. The third-order valence-corrected chi connectivity index (χ3v) is 5.07. The molecule has 0 bridgehead atoms. The van der Waals surface area contributed by atoms with Gasteiger partial charge in [-0.05, 0) is 31.2 Å². The number of para-hydroxylation sites is 1. The average molecular weight is 354 g/mol. The van der Waals surface area contributed by atoms with Crippen LogP contribution in [0.5, 0.6) is 0 Å². The number of rotatable bonds is 5. The molecule has 1 aliphatic rings. The van der Waals surface area contributed by atoms with Crippen molar-refractivity contribution in [3.05, 3.63) is 60.2 Å². The first kappa shape index (κ1) is 17.2. The van der Waals surface area contributed by atoms with Crippen molar-refractivity contribution in [3.63, 3.8) is 0 Å². The molecule has 2 aromatic rings. The first-order valence-corrected chi connectivity index (χ1v) is 8.99. The van der Waals surface area contributed by atoms with Gasteiger partial charge >= 0.3 is 0 Å². The smallest absolute Gasteiger partial charge is 0.247 e. The second-order valence-electron chi connectivity index (χ2n) is 5.82. The van der Waals surface area contributed by atoms with Crippen LogP contribution in [0, 0.1) is 6.92 Å². The van der Waals surface area contributed by atoms with Gasteiger partial charge in [0.1, 0.15) is 0 Å².